The van der Waals surface area contributed by atoms with Crippen LogP contribution in [0.25, 0.3) is 125 Å². The highest BCUT2D eigenvalue weighted by Gasteiger charge is 2.22. The standard InChI is InChI=1S/C55H32N4S/c1-2-14-35(15-3-1)53-56-54(40-23-22-33-12-4-5-16-36(33)28-40)58-55(57-53)47-30-39-19-9-11-21-43(39)52-50(47)46-32-41(25-27-49(46)60-52)59-48-31-38-18-7-6-17-37(38)29-45(48)44-26-24-34-13-8-10-20-42(34)51(44)59/h1-32H. The molecular formula is C55H32N4S. The molecule has 0 amide bonds. The van der Waals surface area contributed by atoms with Crippen LogP contribution in [0.15, 0.2) is 194 Å². The predicted molar refractivity (Wildman–Crippen MR) is 253 cm³/mol. The summed E-state index contributed by atoms with van der Waals surface area (Å²) in [7, 11) is 0. The van der Waals surface area contributed by atoms with Crippen molar-refractivity contribution in [1.82, 2.24) is 19.5 Å². The number of rotatable bonds is 4. The zero-order valence-corrected chi connectivity index (χ0v) is 33.0. The van der Waals surface area contributed by atoms with Crippen molar-refractivity contribution in [3.63, 3.8) is 0 Å². The molecule has 13 rings (SSSR count). The molecule has 0 radical (unpaired) electrons. The first-order valence-electron chi connectivity index (χ1n) is 20.3. The summed E-state index contributed by atoms with van der Waals surface area (Å²) in [4.78, 5) is 15.8. The minimum absolute atomic E-state index is 0.648. The molecule has 3 heterocycles. The first-order valence-corrected chi connectivity index (χ1v) is 21.1. The lowest BCUT2D eigenvalue weighted by molar-refractivity contribution is 1.08. The largest absolute Gasteiger partial charge is 0.309 e. The molecule has 5 heteroatoms. The number of benzene rings is 10. The van der Waals surface area contributed by atoms with Crippen LogP contribution in [-0.4, -0.2) is 19.5 Å². The molecule has 0 saturated heterocycles. The fourth-order valence-electron chi connectivity index (χ4n) is 9.32. The van der Waals surface area contributed by atoms with E-state index in [9.17, 15) is 0 Å². The normalized spacial score (nSPS) is 12.0. The molecule has 278 valence electrons. The van der Waals surface area contributed by atoms with Gasteiger partial charge in [-0.15, -0.1) is 11.3 Å². The average Bonchev–Trinajstić information content (AvgIpc) is 3.86. The van der Waals surface area contributed by atoms with Crippen molar-refractivity contribution in [3.8, 4) is 39.9 Å². The number of hydrogen-bond acceptors (Lipinski definition) is 4. The number of thiophene rings is 1. The first-order chi connectivity index (χ1) is 29.7. The fourth-order valence-corrected chi connectivity index (χ4v) is 10.6. The lowest BCUT2D eigenvalue weighted by atomic mass is 9.99. The Morgan fingerprint density at radius 1 is 0.367 bits per heavy atom. The number of hydrogen-bond donors (Lipinski definition) is 0. The summed E-state index contributed by atoms with van der Waals surface area (Å²) in [5.41, 5.74) is 6.42. The smallest absolute Gasteiger partial charge is 0.164 e. The average molecular weight is 781 g/mol. The van der Waals surface area contributed by atoms with E-state index in [0.29, 0.717) is 17.5 Å². The van der Waals surface area contributed by atoms with Gasteiger partial charge in [0.1, 0.15) is 0 Å². The second kappa shape index (κ2) is 12.9. The zero-order chi connectivity index (χ0) is 39.3. The van der Waals surface area contributed by atoms with Gasteiger partial charge in [0.2, 0.25) is 0 Å². The third kappa shape index (κ3) is 5.06. The maximum absolute atomic E-state index is 5.34. The third-order valence-corrected chi connectivity index (χ3v) is 13.3. The van der Waals surface area contributed by atoms with E-state index in [2.05, 4.69) is 180 Å². The molecule has 0 bridgehead atoms. The van der Waals surface area contributed by atoms with E-state index in [1.54, 1.807) is 0 Å². The Morgan fingerprint density at radius 2 is 1.00 bits per heavy atom. The molecule has 3 aromatic heterocycles. The highest BCUT2D eigenvalue weighted by molar-refractivity contribution is 7.26. The van der Waals surface area contributed by atoms with Gasteiger partial charge in [-0.1, -0.05) is 152 Å². The lowest BCUT2D eigenvalue weighted by Gasteiger charge is -2.12. The van der Waals surface area contributed by atoms with Gasteiger partial charge in [0, 0.05) is 58.7 Å². The minimum Gasteiger partial charge on any atom is -0.309 e. The minimum atomic E-state index is 0.648. The molecule has 0 saturated carbocycles. The Hall–Kier alpha value is -7.73. The lowest BCUT2D eigenvalue weighted by Crippen LogP contribution is -2.00. The molecule has 10 aromatic carbocycles. The molecule has 0 aliphatic heterocycles. The summed E-state index contributed by atoms with van der Waals surface area (Å²) in [6.45, 7) is 0. The van der Waals surface area contributed by atoms with Gasteiger partial charge in [-0.05, 0) is 80.2 Å². The van der Waals surface area contributed by atoms with Crippen LogP contribution in [0.2, 0.25) is 0 Å². The molecule has 13 aromatic rings. The van der Waals surface area contributed by atoms with Crippen LogP contribution in [0, 0.1) is 0 Å². The number of aromatic nitrogens is 4. The van der Waals surface area contributed by atoms with Crippen LogP contribution in [0.5, 0.6) is 0 Å². The molecule has 0 atom stereocenters. The summed E-state index contributed by atoms with van der Waals surface area (Å²) in [5, 5.41) is 14.4. The van der Waals surface area contributed by atoms with Gasteiger partial charge in [-0.3, -0.25) is 0 Å². The van der Waals surface area contributed by atoms with E-state index in [4.69, 9.17) is 15.0 Å². The van der Waals surface area contributed by atoms with Crippen molar-refractivity contribution in [3.05, 3.63) is 194 Å². The van der Waals surface area contributed by atoms with Gasteiger partial charge in [0.15, 0.2) is 17.5 Å². The highest BCUT2D eigenvalue weighted by atomic mass is 32.1. The van der Waals surface area contributed by atoms with Crippen molar-refractivity contribution in [2.24, 2.45) is 0 Å². The zero-order valence-electron chi connectivity index (χ0n) is 32.2. The van der Waals surface area contributed by atoms with Crippen molar-refractivity contribution in [1.29, 1.82) is 0 Å². The van der Waals surface area contributed by atoms with E-state index in [0.717, 1.165) is 38.5 Å². The number of nitrogens with zero attached hydrogens (tertiary/aromatic N) is 4. The summed E-state index contributed by atoms with van der Waals surface area (Å²) >= 11 is 1.84. The SMILES string of the molecule is c1ccc(-c2nc(-c3ccc4ccccc4c3)nc(-c3cc4ccccc4c4sc5ccc(-n6c7cc8ccccc8cc7c7ccc8ccccc8c76)cc5c34)n2)cc1. The highest BCUT2D eigenvalue weighted by Crippen LogP contribution is 2.46. The van der Waals surface area contributed by atoms with E-state index in [-0.39, 0.29) is 0 Å². The van der Waals surface area contributed by atoms with Crippen LogP contribution >= 0.6 is 11.3 Å². The molecule has 0 N–H and O–H groups in total. The van der Waals surface area contributed by atoms with Gasteiger partial charge in [-0.2, -0.15) is 0 Å². The fraction of sp³-hybridized carbons (Fsp3) is 0. The third-order valence-electron chi connectivity index (χ3n) is 12.1. The van der Waals surface area contributed by atoms with Crippen molar-refractivity contribution < 1.29 is 0 Å². The topological polar surface area (TPSA) is 43.6 Å². The van der Waals surface area contributed by atoms with Gasteiger partial charge in [0.25, 0.3) is 0 Å². The van der Waals surface area contributed by atoms with Gasteiger partial charge < -0.3 is 4.57 Å². The van der Waals surface area contributed by atoms with E-state index in [1.807, 2.05) is 29.5 Å². The molecule has 0 fully saturated rings. The molecule has 0 aliphatic rings. The van der Waals surface area contributed by atoms with E-state index in [1.165, 1.54) is 68.9 Å². The molecule has 60 heavy (non-hydrogen) atoms. The van der Waals surface area contributed by atoms with Crippen molar-refractivity contribution >= 4 is 96.4 Å². The Bertz CT molecular complexity index is 3900. The van der Waals surface area contributed by atoms with Gasteiger partial charge >= 0.3 is 0 Å². The quantitative estimate of drug-likeness (QED) is 0.179. The second-order valence-corrected chi connectivity index (χ2v) is 16.7. The summed E-state index contributed by atoms with van der Waals surface area (Å²) in [5.74, 6) is 1.95. The van der Waals surface area contributed by atoms with Crippen molar-refractivity contribution in [2.45, 2.75) is 0 Å². The summed E-state index contributed by atoms with van der Waals surface area (Å²) < 4.78 is 4.93. The van der Waals surface area contributed by atoms with Gasteiger partial charge in [-0.25, -0.2) is 15.0 Å². The van der Waals surface area contributed by atoms with E-state index >= 15 is 0 Å². The second-order valence-electron chi connectivity index (χ2n) is 15.6. The summed E-state index contributed by atoms with van der Waals surface area (Å²) in [6, 6.07) is 69.8. The number of fused-ring (bicyclic) bond motifs is 12. The maximum atomic E-state index is 5.34. The monoisotopic (exact) mass is 780 g/mol. The first kappa shape index (κ1) is 33.3. The van der Waals surface area contributed by atoms with Gasteiger partial charge in [0.05, 0.1) is 11.0 Å². The Morgan fingerprint density at radius 3 is 1.82 bits per heavy atom. The maximum Gasteiger partial charge on any atom is 0.164 e. The van der Waals surface area contributed by atoms with Crippen LogP contribution in [-0.2, 0) is 0 Å². The van der Waals surface area contributed by atoms with Crippen LogP contribution in [0.4, 0.5) is 0 Å². The Balaban J connectivity index is 1.12. The summed E-state index contributed by atoms with van der Waals surface area (Å²) in [6.07, 6.45) is 0. The van der Waals surface area contributed by atoms with Crippen LogP contribution in [0.1, 0.15) is 0 Å². The Kier molecular flexibility index (Phi) is 7.14. The molecule has 0 unspecified atom stereocenters. The van der Waals surface area contributed by atoms with Crippen LogP contribution in [0.3, 0.4) is 0 Å². The molecule has 0 aliphatic carbocycles. The molecule has 4 nitrogen and oxygen atoms in total. The molecular weight excluding hydrogens is 749 g/mol. The molecule has 0 spiro atoms. The van der Waals surface area contributed by atoms with E-state index < -0.39 is 0 Å². The Labute approximate surface area is 348 Å². The van der Waals surface area contributed by atoms with Crippen LogP contribution < -0.4 is 0 Å². The van der Waals surface area contributed by atoms with Crippen molar-refractivity contribution in [2.75, 3.05) is 0 Å². The predicted octanol–water partition coefficient (Wildman–Crippen LogP) is 15.0.